The maximum atomic E-state index is 5.40. The van der Waals surface area contributed by atoms with E-state index in [9.17, 15) is 0 Å². The highest BCUT2D eigenvalue weighted by molar-refractivity contribution is 7.03. The van der Waals surface area contributed by atoms with Crippen molar-refractivity contribution < 1.29 is 4.74 Å². The summed E-state index contributed by atoms with van der Waals surface area (Å²) in [6, 6.07) is 10.4. The Kier molecular flexibility index (Phi) is 3.68. The number of nitrogens with zero attached hydrogens (tertiary/aromatic N) is 2. The summed E-state index contributed by atoms with van der Waals surface area (Å²) in [5.74, 6) is 0.632. The van der Waals surface area contributed by atoms with Crippen molar-refractivity contribution in [3.63, 3.8) is 0 Å². The van der Waals surface area contributed by atoms with Crippen molar-refractivity contribution in [3.05, 3.63) is 41.3 Å². The number of aryl methyl sites for hydroxylation is 1. The zero-order valence-electron chi connectivity index (χ0n) is 8.30. The summed E-state index contributed by atoms with van der Waals surface area (Å²) in [6.07, 6.45) is 2.04. The monoisotopic (exact) mass is 220 g/mol. The minimum atomic E-state index is 0.632. The summed E-state index contributed by atoms with van der Waals surface area (Å²) in [4.78, 5) is 0. The first-order valence-corrected chi connectivity index (χ1v) is 5.72. The summed E-state index contributed by atoms with van der Waals surface area (Å²) in [7, 11) is 0. The van der Waals surface area contributed by atoms with Crippen LogP contribution in [0.1, 0.15) is 12.0 Å². The number of benzene rings is 1. The van der Waals surface area contributed by atoms with Gasteiger partial charge in [0.25, 0.3) is 0 Å². The van der Waals surface area contributed by atoms with E-state index in [1.54, 1.807) is 0 Å². The van der Waals surface area contributed by atoms with Gasteiger partial charge in [0, 0.05) is 0 Å². The van der Waals surface area contributed by atoms with Gasteiger partial charge in [-0.1, -0.05) is 39.9 Å². The van der Waals surface area contributed by atoms with Crippen LogP contribution in [0.4, 0.5) is 0 Å². The second-order valence-electron chi connectivity index (χ2n) is 3.18. The number of hydrogen-bond donors (Lipinski definition) is 0. The van der Waals surface area contributed by atoms with E-state index in [0.717, 1.165) is 12.8 Å². The smallest absolute Gasteiger partial charge is 0.246 e. The van der Waals surface area contributed by atoms with Crippen LogP contribution in [0, 0.1) is 0 Å². The largest absolute Gasteiger partial charge is 0.476 e. The van der Waals surface area contributed by atoms with Gasteiger partial charge in [0.1, 0.15) is 0 Å². The SMILES string of the molecule is c1ccc(CCCOc2csnn2)cc1. The summed E-state index contributed by atoms with van der Waals surface area (Å²) in [6.45, 7) is 0.695. The van der Waals surface area contributed by atoms with Crippen LogP contribution in [0.5, 0.6) is 5.88 Å². The van der Waals surface area contributed by atoms with Crippen LogP contribution >= 0.6 is 11.5 Å². The average molecular weight is 220 g/mol. The third-order valence-corrected chi connectivity index (χ3v) is 2.53. The van der Waals surface area contributed by atoms with Gasteiger partial charge in [0.15, 0.2) is 0 Å². The highest BCUT2D eigenvalue weighted by Crippen LogP contribution is 2.08. The molecule has 2 aromatic rings. The molecule has 15 heavy (non-hydrogen) atoms. The van der Waals surface area contributed by atoms with Crippen LogP contribution in [-0.2, 0) is 6.42 Å². The number of aromatic nitrogens is 2. The van der Waals surface area contributed by atoms with Crippen molar-refractivity contribution >= 4 is 11.5 Å². The van der Waals surface area contributed by atoms with Crippen LogP contribution < -0.4 is 4.74 Å². The molecule has 3 nitrogen and oxygen atoms in total. The molecule has 1 heterocycles. The third-order valence-electron chi connectivity index (χ3n) is 2.04. The van der Waals surface area contributed by atoms with E-state index in [0.29, 0.717) is 12.5 Å². The number of rotatable bonds is 5. The zero-order valence-corrected chi connectivity index (χ0v) is 9.11. The molecule has 0 aliphatic heterocycles. The zero-order chi connectivity index (χ0) is 10.3. The Bertz CT molecular complexity index is 375. The molecule has 2 rings (SSSR count). The van der Waals surface area contributed by atoms with Crippen LogP contribution in [0.3, 0.4) is 0 Å². The molecular formula is C11H12N2OS. The van der Waals surface area contributed by atoms with E-state index < -0.39 is 0 Å². The Morgan fingerprint density at radius 3 is 2.80 bits per heavy atom. The molecule has 0 aliphatic rings. The normalized spacial score (nSPS) is 10.1. The third kappa shape index (κ3) is 3.32. The molecule has 0 saturated heterocycles. The van der Waals surface area contributed by atoms with Gasteiger partial charge >= 0.3 is 0 Å². The Hall–Kier alpha value is -1.42. The van der Waals surface area contributed by atoms with Crippen molar-refractivity contribution in [2.24, 2.45) is 0 Å². The maximum Gasteiger partial charge on any atom is 0.246 e. The summed E-state index contributed by atoms with van der Waals surface area (Å²) >= 11 is 1.31. The minimum Gasteiger partial charge on any atom is -0.476 e. The molecule has 78 valence electrons. The van der Waals surface area contributed by atoms with Crippen molar-refractivity contribution in [1.29, 1.82) is 0 Å². The van der Waals surface area contributed by atoms with Gasteiger partial charge in [-0.2, -0.15) is 0 Å². The van der Waals surface area contributed by atoms with E-state index >= 15 is 0 Å². The Balaban J connectivity index is 1.68. The maximum absolute atomic E-state index is 5.40. The molecule has 4 heteroatoms. The first-order valence-electron chi connectivity index (χ1n) is 4.89. The van der Waals surface area contributed by atoms with Gasteiger partial charge in [-0.05, 0) is 29.9 Å². The number of ether oxygens (including phenoxy) is 1. The van der Waals surface area contributed by atoms with Gasteiger partial charge < -0.3 is 4.74 Å². The topological polar surface area (TPSA) is 35.0 Å². The van der Waals surface area contributed by atoms with E-state index in [-0.39, 0.29) is 0 Å². The Morgan fingerprint density at radius 2 is 2.07 bits per heavy atom. The first kappa shape index (κ1) is 10.1. The van der Waals surface area contributed by atoms with Crippen LogP contribution in [0.25, 0.3) is 0 Å². The highest BCUT2D eigenvalue weighted by Gasteiger charge is 1.96. The Morgan fingerprint density at radius 1 is 1.20 bits per heavy atom. The molecular weight excluding hydrogens is 208 g/mol. The molecule has 0 aliphatic carbocycles. The summed E-state index contributed by atoms with van der Waals surface area (Å²) in [5.41, 5.74) is 1.34. The van der Waals surface area contributed by atoms with Crippen molar-refractivity contribution in [2.45, 2.75) is 12.8 Å². The lowest BCUT2D eigenvalue weighted by atomic mass is 10.1. The second kappa shape index (κ2) is 5.46. The van der Waals surface area contributed by atoms with Gasteiger partial charge in [0.05, 0.1) is 12.0 Å². The molecule has 0 radical (unpaired) electrons. The summed E-state index contributed by atoms with van der Waals surface area (Å²) in [5, 5.41) is 5.62. The molecule has 0 amide bonds. The van der Waals surface area contributed by atoms with Gasteiger partial charge in [-0.25, -0.2) is 0 Å². The molecule has 0 N–H and O–H groups in total. The quantitative estimate of drug-likeness (QED) is 0.726. The van der Waals surface area contributed by atoms with Gasteiger partial charge in [-0.15, -0.1) is 0 Å². The fourth-order valence-electron chi connectivity index (χ4n) is 1.32. The van der Waals surface area contributed by atoms with Gasteiger partial charge in [0.2, 0.25) is 5.88 Å². The van der Waals surface area contributed by atoms with Gasteiger partial charge in [-0.3, -0.25) is 0 Å². The van der Waals surface area contributed by atoms with Crippen LogP contribution in [0.2, 0.25) is 0 Å². The molecule has 1 aromatic heterocycles. The standard InChI is InChI=1S/C11H12N2OS/c1-2-5-10(6-3-1)7-4-8-14-11-9-15-13-12-11/h1-3,5-6,9H,4,7-8H2. The van der Waals surface area contributed by atoms with E-state index in [1.165, 1.54) is 17.1 Å². The van der Waals surface area contributed by atoms with Crippen LogP contribution in [0.15, 0.2) is 35.7 Å². The molecule has 0 unspecified atom stereocenters. The molecule has 0 spiro atoms. The van der Waals surface area contributed by atoms with E-state index in [2.05, 4.69) is 33.9 Å². The second-order valence-corrected chi connectivity index (χ2v) is 3.79. The minimum absolute atomic E-state index is 0.632. The highest BCUT2D eigenvalue weighted by atomic mass is 32.1. The molecule has 1 aromatic carbocycles. The number of hydrogen-bond acceptors (Lipinski definition) is 4. The lowest BCUT2D eigenvalue weighted by Gasteiger charge is -2.02. The van der Waals surface area contributed by atoms with E-state index in [1.807, 2.05) is 11.4 Å². The average Bonchev–Trinajstić information content (AvgIpc) is 2.79. The predicted octanol–water partition coefficient (Wildman–Crippen LogP) is 2.55. The predicted molar refractivity (Wildman–Crippen MR) is 60.2 cm³/mol. The lowest BCUT2D eigenvalue weighted by molar-refractivity contribution is 0.299. The molecule has 0 bridgehead atoms. The first-order chi connectivity index (χ1) is 7.45. The fraction of sp³-hybridized carbons (Fsp3) is 0.273. The van der Waals surface area contributed by atoms with E-state index in [4.69, 9.17) is 4.74 Å². The van der Waals surface area contributed by atoms with Crippen LogP contribution in [-0.4, -0.2) is 16.2 Å². The van der Waals surface area contributed by atoms with Crippen molar-refractivity contribution in [2.75, 3.05) is 6.61 Å². The Labute approximate surface area is 92.9 Å². The van der Waals surface area contributed by atoms with Crippen molar-refractivity contribution in [3.8, 4) is 5.88 Å². The fourth-order valence-corrected chi connectivity index (χ4v) is 1.70. The lowest BCUT2D eigenvalue weighted by Crippen LogP contribution is -1.99. The summed E-state index contributed by atoms with van der Waals surface area (Å²) < 4.78 is 9.13. The van der Waals surface area contributed by atoms with Crippen molar-refractivity contribution in [1.82, 2.24) is 9.59 Å². The molecule has 0 fully saturated rings. The molecule has 0 saturated carbocycles. The molecule has 0 atom stereocenters.